The molecule has 0 saturated carbocycles. The minimum Gasteiger partial charge on any atom is -0.490 e. The molecule has 1 aliphatic heterocycles. The van der Waals surface area contributed by atoms with Crippen LogP contribution in [0.1, 0.15) is 10.4 Å². The number of hydrogen-bond donors (Lipinski definition) is 0. The van der Waals surface area contributed by atoms with Crippen LogP contribution in [0.4, 0.5) is 5.69 Å². The highest BCUT2D eigenvalue weighted by atomic mass is 35.5. The molecule has 2 aromatic rings. The molecule has 0 aliphatic carbocycles. The van der Waals surface area contributed by atoms with Gasteiger partial charge in [-0.05, 0) is 36.4 Å². The Morgan fingerprint density at radius 3 is 2.30 bits per heavy atom. The van der Waals surface area contributed by atoms with Crippen LogP contribution < -0.4 is 4.74 Å². The number of nitro benzene ring substituents is 1. The van der Waals surface area contributed by atoms with Gasteiger partial charge in [0.2, 0.25) is 10.0 Å². The fourth-order valence-electron chi connectivity index (χ4n) is 3.20. The topological polar surface area (TPSA) is 136 Å². The van der Waals surface area contributed by atoms with E-state index in [1.54, 1.807) is 0 Å². The second-order valence-corrected chi connectivity index (χ2v) is 9.33. The van der Waals surface area contributed by atoms with Crippen molar-refractivity contribution in [1.82, 2.24) is 9.21 Å². The van der Waals surface area contributed by atoms with Crippen LogP contribution in [0, 0.1) is 10.1 Å². The summed E-state index contributed by atoms with van der Waals surface area (Å²) in [6, 6.07) is 9.36. The van der Waals surface area contributed by atoms with Crippen LogP contribution in [-0.2, 0) is 19.6 Å². The maximum atomic E-state index is 12.7. The first-order valence-corrected chi connectivity index (χ1v) is 11.5. The van der Waals surface area contributed by atoms with Gasteiger partial charge in [-0.3, -0.25) is 14.9 Å². The van der Waals surface area contributed by atoms with E-state index in [4.69, 9.17) is 21.1 Å². The monoisotopic (exact) mass is 497 g/mol. The molecule has 1 aliphatic rings. The SMILES string of the molecule is COc1ccc(C(=O)OCC(=O)N2CCN(S(=O)(=O)c3ccc(Cl)cc3)CC2)cc1[N+](=O)[O-]. The molecule has 1 fully saturated rings. The summed E-state index contributed by atoms with van der Waals surface area (Å²) in [4.78, 5) is 36.5. The van der Waals surface area contributed by atoms with Gasteiger partial charge in [0.1, 0.15) is 0 Å². The highest BCUT2D eigenvalue weighted by molar-refractivity contribution is 7.89. The number of halogens is 1. The Bertz CT molecular complexity index is 1160. The van der Waals surface area contributed by atoms with Crippen LogP contribution in [0.2, 0.25) is 5.02 Å². The number of carbonyl (C=O) groups excluding carboxylic acids is 2. The first-order chi connectivity index (χ1) is 15.6. The highest BCUT2D eigenvalue weighted by Crippen LogP contribution is 2.27. The third kappa shape index (κ3) is 5.59. The van der Waals surface area contributed by atoms with Crippen molar-refractivity contribution in [3.05, 3.63) is 63.2 Å². The fourth-order valence-corrected chi connectivity index (χ4v) is 4.74. The van der Waals surface area contributed by atoms with E-state index < -0.39 is 39.1 Å². The molecule has 176 valence electrons. The van der Waals surface area contributed by atoms with E-state index in [2.05, 4.69) is 0 Å². The van der Waals surface area contributed by atoms with Crippen LogP contribution >= 0.6 is 11.6 Å². The molecule has 0 radical (unpaired) electrons. The van der Waals surface area contributed by atoms with E-state index in [-0.39, 0.29) is 42.4 Å². The van der Waals surface area contributed by atoms with E-state index in [0.717, 1.165) is 6.07 Å². The van der Waals surface area contributed by atoms with Crippen molar-refractivity contribution in [2.24, 2.45) is 0 Å². The highest BCUT2D eigenvalue weighted by Gasteiger charge is 2.30. The van der Waals surface area contributed by atoms with Gasteiger partial charge in [0.05, 0.1) is 22.5 Å². The fraction of sp³-hybridized carbons (Fsp3) is 0.300. The number of nitrogens with zero attached hydrogens (tertiary/aromatic N) is 3. The molecule has 13 heteroatoms. The van der Waals surface area contributed by atoms with Gasteiger partial charge >= 0.3 is 11.7 Å². The number of nitro groups is 1. The summed E-state index contributed by atoms with van der Waals surface area (Å²) >= 11 is 5.80. The van der Waals surface area contributed by atoms with Gasteiger partial charge < -0.3 is 14.4 Å². The summed E-state index contributed by atoms with van der Waals surface area (Å²) in [7, 11) is -2.46. The number of hydrogen-bond acceptors (Lipinski definition) is 8. The van der Waals surface area contributed by atoms with Gasteiger partial charge in [0.15, 0.2) is 12.4 Å². The Morgan fingerprint density at radius 2 is 1.73 bits per heavy atom. The lowest BCUT2D eigenvalue weighted by atomic mass is 10.2. The molecule has 1 amide bonds. The van der Waals surface area contributed by atoms with Crippen LogP contribution in [0.25, 0.3) is 0 Å². The third-order valence-corrected chi connectivity index (χ3v) is 7.15. The smallest absolute Gasteiger partial charge is 0.338 e. The summed E-state index contributed by atoms with van der Waals surface area (Å²) in [5.74, 6) is -1.42. The van der Waals surface area contributed by atoms with Crippen LogP contribution in [0.15, 0.2) is 47.4 Å². The minimum absolute atomic E-state index is 0.0148. The molecule has 0 aromatic heterocycles. The molecule has 0 atom stereocenters. The van der Waals surface area contributed by atoms with Crippen molar-refractivity contribution in [3.63, 3.8) is 0 Å². The molecule has 1 heterocycles. The first-order valence-electron chi connectivity index (χ1n) is 9.66. The van der Waals surface area contributed by atoms with E-state index in [1.807, 2.05) is 0 Å². The maximum Gasteiger partial charge on any atom is 0.338 e. The zero-order valence-corrected chi connectivity index (χ0v) is 19.0. The molecular formula is C20H20ClN3O8S. The van der Waals surface area contributed by atoms with Crippen molar-refractivity contribution in [2.45, 2.75) is 4.90 Å². The van der Waals surface area contributed by atoms with Gasteiger partial charge in [0, 0.05) is 37.3 Å². The largest absolute Gasteiger partial charge is 0.490 e. The predicted octanol–water partition coefficient (Wildman–Crippen LogP) is 1.95. The summed E-state index contributed by atoms with van der Waals surface area (Å²) < 4.78 is 36.6. The second kappa shape index (κ2) is 10.1. The van der Waals surface area contributed by atoms with Crippen molar-refractivity contribution in [1.29, 1.82) is 0 Å². The van der Waals surface area contributed by atoms with Crippen molar-refractivity contribution >= 4 is 39.2 Å². The Balaban J connectivity index is 1.55. The zero-order chi connectivity index (χ0) is 24.2. The quantitative estimate of drug-likeness (QED) is 0.321. The van der Waals surface area contributed by atoms with Crippen molar-refractivity contribution < 1.29 is 32.4 Å². The number of benzene rings is 2. The van der Waals surface area contributed by atoms with Crippen LogP contribution in [0.3, 0.4) is 0 Å². The number of amides is 1. The summed E-state index contributed by atoms with van der Waals surface area (Å²) in [5.41, 5.74) is -0.509. The van der Waals surface area contributed by atoms with E-state index in [1.165, 1.54) is 52.7 Å². The molecule has 3 rings (SSSR count). The van der Waals surface area contributed by atoms with E-state index in [0.29, 0.717) is 5.02 Å². The number of methoxy groups -OCH3 is 1. The zero-order valence-electron chi connectivity index (χ0n) is 17.5. The second-order valence-electron chi connectivity index (χ2n) is 6.96. The van der Waals surface area contributed by atoms with Gasteiger partial charge in [0.25, 0.3) is 5.91 Å². The molecule has 0 unspecified atom stereocenters. The predicted molar refractivity (Wildman–Crippen MR) is 117 cm³/mol. The summed E-state index contributed by atoms with van der Waals surface area (Å²) in [5, 5.41) is 11.5. The van der Waals surface area contributed by atoms with Crippen molar-refractivity contribution in [2.75, 3.05) is 39.9 Å². The summed E-state index contributed by atoms with van der Waals surface area (Å²) in [6.45, 7) is -0.179. The molecule has 33 heavy (non-hydrogen) atoms. The van der Waals surface area contributed by atoms with E-state index >= 15 is 0 Å². The lowest BCUT2D eigenvalue weighted by molar-refractivity contribution is -0.385. The number of esters is 1. The Kier molecular flexibility index (Phi) is 7.51. The standard InChI is InChI=1S/C20H20ClN3O8S/c1-31-18-7-2-14(12-17(18)24(27)28)20(26)32-13-19(25)22-8-10-23(11-9-22)33(29,30)16-5-3-15(21)4-6-16/h2-7,12H,8-11,13H2,1H3. The third-order valence-electron chi connectivity index (χ3n) is 4.98. The number of rotatable bonds is 7. The number of ether oxygens (including phenoxy) is 2. The van der Waals surface area contributed by atoms with Gasteiger partial charge in [-0.15, -0.1) is 0 Å². The summed E-state index contributed by atoms with van der Waals surface area (Å²) in [6.07, 6.45) is 0. The first kappa shape index (κ1) is 24.4. The lowest BCUT2D eigenvalue weighted by Gasteiger charge is -2.33. The Labute approximate surface area is 194 Å². The molecule has 0 bridgehead atoms. The molecular weight excluding hydrogens is 478 g/mol. The van der Waals surface area contributed by atoms with E-state index in [9.17, 15) is 28.1 Å². The molecule has 2 aromatic carbocycles. The van der Waals surface area contributed by atoms with Gasteiger partial charge in [-0.2, -0.15) is 4.31 Å². The Morgan fingerprint density at radius 1 is 1.09 bits per heavy atom. The normalized spacial score (nSPS) is 14.5. The molecule has 1 saturated heterocycles. The van der Waals surface area contributed by atoms with Gasteiger partial charge in [-0.25, -0.2) is 13.2 Å². The van der Waals surface area contributed by atoms with Crippen molar-refractivity contribution in [3.8, 4) is 5.75 Å². The van der Waals surface area contributed by atoms with Gasteiger partial charge in [-0.1, -0.05) is 11.6 Å². The molecule has 11 nitrogen and oxygen atoms in total. The molecule has 0 spiro atoms. The Hall–Kier alpha value is -3.22. The average Bonchev–Trinajstić information content (AvgIpc) is 2.82. The minimum atomic E-state index is -3.72. The molecule has 0 N–H and O–H groups in total. The van der Waals surface area contributed by atoms with Crippen LogP contribution in [-0.4, -0.2) is 74.3 Å². The average molecular weight is 498 g/mol. The number of piperazine rings is 1. The van der Waals surface area contributed by atoms with Crippen LogP contribution in [0.5, 0.6) is 5.75 Å². The maximum absolute atomic E-state index is 12.7. The number of carbonyl (C=O) groups is 2. The lowest BCUT2D eigenvalue weighted by Crippen LogP contribution is -2.51. The number of sulfonamides is 1.